The van der Waals surface area contributed by atoms with Gasteiger partial charge in [-0.2, -0.15) is 0 Å². The van der Waals surface area contributed by atoms with Crippen LogP contribution in [-0.4, -0.2) is 54.7 Å². The maximum atomic E-state index is 13.0. The van der Waals surface area contributed by atoms with Gasteiger partial charge in [0.1, 0.15) is 17.9 Å². The highest BCUT2D eigenvalue weighted by Crippen LogP contribution is 2.32. The Morgan fingerprint density at radius 2 is 2.03 bits per heavy atom. The molecule has 1 aromatic carbocycles. The lowest BCUT2D eigenvalue weighted by Gasteiger charge is -2.40. The van der Waals surface area contributed by atoms with Crippen LogP contribution >= 0.6 is 0 Å². The predicted octanol–water partition coefficient (Wildman–Crippen LogP) is 3.14. The van der Waals surface area contributed by atoms with E-state index in [1.807, 2.05) is 18.2 Å². The minimum atomic E-state index is -0.438. The van der Waals surface area contributed by atoms with Crippen LogP contribution in [0.25, 0.3) is 0 Å². The van der Waals surface area contributed by atoms with E-state index in [9.17, 15) is 9.59 Å². The van der Waals surface area contributed by atoms with E-state index in [-0.39, 0.29) is 23.3 Å². The molecule has 1 aliphatic carbocycles. The summed E-state index contributed by atoms with van der Waals surface area (Å²) in [5.41, 5.74) is 2.56. The molecule has 4 aliphatic rings. The van der Waals surface area contributed by atoms with Crippen LogP contribution in [0.1, 0.15) is 67.8 Å². The Hall–Kier alpha value is -2.38. The van der Waals surface area contributed by atoms with Crippen LogP contribution in [-0.2, 0) is 16.1 Å². The van der Waals surface area contributed by atoms with Gasteiger partial charge in [-0.05, 0) is 55.9 Å². The van der Waals surface area contributed by atoms with E-state index in [0.717, 1.165) is 49.6 Å². The summed E-state index contributed by atoms with van der Waals surface area (Å²) in [5.74, 6) is 0.595. The second-order valence-electron chi connectivity index (χ2n) is 10.5. The summed E-state index contributed by atoms with van der Waals surface area (Å²) in [6.07, 6.45) is 7.19. The van der Waals surface area contributed by atoms with Crippen molar-refractivity contribution in [2.24, 2.45) is 5.41 Å². The first-order valence-electron chi connectivity index (χ1n) is 12.3. The molecule has 3 aliphatic heterocycles. The molecule has 178 valence electrons. The van der Waals surface area contributed by atoms with Crippen molar-refractivity contribution in [3.8, 4) is 5.75 Å². The van der Waals surface area contributed by atoms with Crippen LogP contribution in [0.4, 0.5) is 0 Å². The van der Waals surface area contributed by atoms with Gasteiger partial charge >= 0.3 is 0 Å². The maximum absolute atomic E-state index is 13.0. The number of allylic oxidation sites excluding steroid dienone is 1. The van der Waals surface area contributed by atoms with Gasteiger partial charge in [0.05, 0.1) is 13.2 Å². The maximum Gasteiger partial charge on any atom is 0.255 e. The number of piperidine rings is 1. The molecule has 3 unspecified atom stereocenters. The summed E-state index contributed by atoms with van der Waals surface area (Å²) in [6.45, 7) is 9.13. The smallest absolute Gasteiger partial charge is 0.255 e. The second kappa shape index (κ2) is 9.11. The topological polar surface area (TPSA) is 79.9 Å². The van der Waals surface area contributed by atoms with Crippen LogP contribution in [0.15, 0.2) is 30.5 Å². The van der Waals surface area contributed by atoms with Gasteiger partial charge in [-0.1, -0.05) is 26.3 Å². The zero-order valence-electron chi connectivity index (χ0n) is 19.5. The first kappa shape index (κ1) is 22.4. The van der Waals surface area contributed by atoms with E-state index < -0.39 is 6.04 Å². The predicted molar refractivity (Wildman–Crippen MR) is 125 cm³/mol. The van der Waals surface area contributed by atoms with Crippen molar-refractivity contribution >= 4 is 11.8 Å². The first-order valence-corrected chi connectivity index (χ1v) is 12.3. The number of carbonyl (C=O) groups is 2. The van der Waals surface area contributed by atoms with E-state index in [1.54, 1.807) is 4.90 Å². The van der Waals surface area contributed by atoms with E-state index in [4.69, 9.17) is 9.47 Å². The Balaban J connectivity index is 1.26. The normalized spacial score (nSPS) is 29.2. The van der Waals surface area contributed by atoms with Crippen LogP contribution in [0.5, 0.6) is 5.75 Å². The summed E-state index contributed by atoms with van der Waals surface area (Å²) < 4.78 is 11.9. The Bertz CT molecular complexity index is 941. The molecular weight excluding hydrogens is 418 g/mol. The Morgan fingerprint density at radius 3 is 2.79 bits per heavy atom. The molecule has 1 saturated carbocycles. The summed E-state index contributed by atoms with van der Waals surface area (Å²) in [5, 5.41) is 6.57. The van der Waals surface area contributed by atoms with Crippen molar-refractivity contribution in [2.75, 3.05) is 19.8 Å². The summed E-state index contributed by atoms with van der Waals surface area (Å²) in [7, 11) is 0. The Morgan fingerprint density at radius 1 is 1.21 bits per heavy atom. The van der Waals surface area contributed by atoms with Gasteiger partial charge in [0.15, 0.2) is 0 Å². The zero-order chi connectivity index (χ0) is 23.0. The third-order valence-corrected chi connectivity index (χ3v) is 7.54. The van der Waals surface area contributed by atoms with Gasteiger partial charge < -0.3 is 25.0 Å². The molecule has 2 amide bonds. The molecule has 7 nitrogen and oxygen atoms in total. The van der Waals surface area contributed by atoms with Gasteiger partial charge in [-0.15, -0.1) is 0 Å². The van der Waals surface area contributed by atoms with Crippen LogP contribution in [0.2, 0.25) is 0 Å². The lowest BCUT2D eigenvalue weighted by molar-refractivity contribution is -0.126. The molecule has 0 radical (unpaired) electrons. The molecule has 5 rings (SSSR count). The highest BCUT2D eigenvalue weighted by Gasteiger charge is 2.39. The van der Waals surface area contributed by atoms with Crippen molar-refractivity contribution in [3.63, 3.8) is 0 Å². The Labute approximate surface area is 195 Å². The van der Waals surface area contributed by atoms with Gasteiger partial charge in [0.2, 0.25) is 5.91 Å². The molecule has 3 heterocycles. The minimum Gasteiger partial charge on any atom is -0.489 e. The molecular formula is C26H35N3O4. The zero-order valence-corrected chi connectivity index (χ0v) is 19.5. The molecule has 0 spiro atoms. The first-order chi connectivity index (χ1) is 15.9. The van der Waals surface area contributed by atoms with Gasteiger partial charge in [-0.25, -0.2) is 0 Å². The standard InChI is InChI=1S/C26H35N3O4/c1-17-8-11-22(24(30)28-17)29-13-18-12-19(9-10-20(18)25(29)31)33-23-7-5-3-4-6-21(23)27-14-26(2)15-32-16-26/h9-10,12,21-23,27H,1,3-8,11,13-16H2,2H3,(H,28,30). The second-order valence-corrected chi connectivity index (χ2v) is 10.5. The number of rotatable bonds is 6. The lowest BCUT2D eigenvalue weighted by atomic mass is 9.88. The minimum absolute atomic E-state index is 0.0748. The largest absolute Gasteiger partial charge is 0.489 e. The molecule has 7 heteroatoms. The van der Waals surface area contributed by atoms with E-state index in [0.29, 0.717) is 31.0 Å². The monoisotopic (exact) mass is 453 g/mol. The number of nitrogens with zero attached hydrogens (tertiary/aromatic N) is 1. The van der Waals surface area contributed by atoms with E-state index in [1.165, 1.54) is 19.3 Å². The number of nitrogens with one attached hydrogen (secondary N) is 2. The SMILES string of the molecule is C=C1CCC(N2Cc3cc(OC4CCCCCC4NCC4(C)COC4)ccc3C2=O)C(=O)N1. The Kier molecular flexibility index (Phi) is 6.18. The van der Waals surface area contributed by atoms with Crippen molar-refractivity contribution in [3.05, 3.63) is 41.6 Å². The molecule has 3 fully saturated rings. The fourth-order valence-corrected chi connectivity index (χ4v) is 5.46. The number of benzene rings is 1. The van der Waals surface area contributed by atoms with Crippen molar-refractivity contribution in [1.29, 1.82) is 0 Å². The molecule has 3 atom stereocenters. The fraction of sp³-hybridized carbons (Fsp3) is 0.615. The van der Waals surface area contributed by atoms with Crippen LogP contribution in [0, 0.1) is 5.41 Å². The van der Waals surface area contributed by atoms with E-state index in [2.05, 4.69) is 24.1 Å². The molecule has 0 aromatic heterocycles. The summed E-state index contributed by atoms with van der Waals surface area (Å²) in [6, 6.07) is 5.64. The third kappa shape index (κ3) is 4.66. The lowest BCUT2D eigenvalue weighted by Crippen LogP contribution is -2.52. The van der Waals surface area contributed by atoms with Crippen molar-refractivity contribution in [2.45, 2.75) is 76.6 Å². The number of amides is 2. The summed E-state index contributed by atoms with van der Waals surface area (Å²) >= 11 is 0. The highest BCUT2D eigenvalue weighted by atomic mass is 16.5. The van der Waals surface area contributed by atoms with Crippen LogP contribution in [0.3, 0.4) is 0 Å². The van der Waals surface area contributed by atoms with E-state index >= 15 is 0 Å². The molecule has 2 N–H and O–H groups in total. The number of hydrogen-bond donors (Lipinski definition) is 2. The molecule has 0 bridgehead atoms. The quantitative estimate of drug-likeness (QED) is 0.647. The molecule has 33 heavy (non-hydrogen) atoms. The number of fused-ring (bicyclic) bond motifs is 1. The average molecular weight is 454 g/mol. The van der Waals surface area contributed by atoms with Crippen molar-refractivity contribution < 1.29 is 19.1 Å². The number of carbonyl (C=O) groups excluding carboxylic acids is 2. The number of ether oxygens (including phenoxy) is 2. The van der Waals surface area contributed by atoms with Crippen molar-refractivity contribution in [1.82, 2.24) is 15.5 Å². The van der Waals surface area contributed by atoms with Gasteiger partial charge in [0, 0.05) is 35.8 Å². The van der Waals surface area contributed by atoms with Gasteiger partial charge in [-0.3, -0.25) is 9.59 Å². The third-order valence-electron chi connectivity index (χ3n) is 7.54. The highest BCUT2D eigenvalue weighted by molar-refractivity contribution is 6.01. The molecule has 1 aromatic rings. The number of hydrogen-bond acceptors (Lipinski definition) is 5. The average Bonchev–Trinajstić information content (AvgIpc) is 2.93. The fourth-order valence-electron chi connectivity index (χ4n) is 5.46. The molecule has 2 saturated heterocycles. The summed E-state index contributed by atoms with van der Waals surface area (Å²) in [4.78, 5) is 27.1. The van der Waals surface area contributed by atoms with Crippen LogP contribution < -0.4 is 15.4 Å². The van der Waals surface area contributed by atoms with Gasteiger partial charge in [0.25, 0.3) is 5.91 Å².